The van der Waals surface area contributed by atoms with Gasteiger partial charge in [-0.05, 0) is 31.2 Å². The third kappa shape index (κ3) is 3.13. The number of aromatic nitrogens is 4. The Bertz CT molecular complexity index is 889. The molecule has 0 amide bonds. The van der Waals surface area contributed by atoms with Gasteiger partial charge in [-0.1, -0.05) is 11.6 Å². The number of carbonyl (C=O) groups is 1. The van der Waals surface area contributed by atoms with Gasteiger partial charge in [-0.3, -0.25) is 0 Å². The molecule has 0 saturated heterocycles. The van der Waals surface area contributed by atoms with Crippen molar-refractivity contribution >= 4 is 17.6 Å². The van der Waals surface area contributed by atoms with E-state index in [2.05, 4.69) is 15.3 Å². The maximum absolute atomic E-state index is 13.0. The van der Waals surface area contributed by atoms with Gasteiger partial charge in [-0.2, -0.15) is 5.10 Å². The van der Waals surface area contributed by atoms with E-state index in [0.717, 1.165) is 0 Å². The fraction of sp³-hybridized carbons (Fsp3) is 0.200. The maximum atomic E-state index is 13.0. The van der Waals surface area contributed by atoms with Crippen molar-refractivity contribution in [2.75, 3.05) is 0 Å². The van der Waals surface area contributed by atoms with E-state index in [1.807, 2.05) is 0 Å². The van der Waals surface area contributed by atoms with Crippen molar-refractivity contribution in [1.82, 2.24) is 20.0 Å². The van der Waals surface area contributed by atoms with Crippen LogP contribution in [-0.2, 0) is 11.3 Å². The van der Waals surface area contributed by atoms with Gasteiger partial charge in [0.05, 0.1) is 11.4 Å². The number of hydrogen-bond donors (Lipinski definition) is 0. The van der Waals surface area contributed by atoms with Crippen LogP contribution in [-0.4, -0.2) is 25.9 Å². The van der Waals surface area contributed by atoms with Gasteiger partial charge >= 0.3 is 5.97 Å². The van der Waals surface area contributed by atoms with E-state index in [-0.39, 0.29) is 29.0 Å². The lowest BCUT2D eigenvalue weighted by Gasteiger charge is -2.04. The molecule has 0 unspecified atom stereocenters. The molecule has 3 rings (SSSR count). The summed E-state index contributed by atoms with van der Waals surface area (Å²) >= 11 is 6.24. The molecular formula is C15H12ClFN4O3. The van der Waals surface area contributed by atoms with Crippen molar-refractivity contribution in [3.8, 4) is 5.69 Å². The number of hydrogen-bond acceptors (Lipinski definition) is 6. The predicted molar refractivity (Wildman–Crippen MR) is 81.4 cm³/mol. The highest BCUT2D eigenvalue weighted by Crippen LogP contribution is 2.24. The average Bonchev–Trinajstić information content (AvgIpc) is 3.09. The molecule has 0 fully saturated rings. The van der Waals surface area contributed by atoms with Gasteiger partial charge in [-0.25, -0.2) is 13.9 Å². The summed E-state index contributed by atoms with van der Waals surface area (Å²) < 4.78 is 24.6. The third-order valence-corrected chi connectivity index (χ3v) is 3.52. The highest BCUT2D eigenvalue weighted by molar-refractivity contribution is 6.33. The summed E-state index contributed by atoms with van der Waals surface area (Å²) in [6, 6.07) is 5.56. The lowest BCUT2D eigenvalue weighted by Crippen LogP contribution is -2.07. The molecule has 1 aromatic carbocycles. The first-order chi connectivity index (χ1) is 11.5. The van der Waals surface area contributed by atoms with Crippen molar-refractivity contribution in [2.45, 2.75) is 20.5 Å². The number of benzene rings is 1. The minimum absolute atomic E-state index is 0.0748. The largest absolute Gasteiger partial charge is 0.452 e. The lowest BCUT2D eigenvalue weighted by molar-refractivity contribution is 0.0436. The van der Waals surface area contributed by atoms with Crippen LogP contribution in [0.4, 0.5) is 4.39 Å². The Balaban J connectivity index is 1.83. The Kier molecular flexibility index (Phi) is 4.30. The number of nitrogens with zero attached hydrogens (tertiary/aromatic N) is 4. The molecule has 3 aromatic rings. The zero-order valence-corrected chi connectivity index (χ0v) is 13.5. The quantitative estimate of drug-likeness (QED) is 0.672. The molecule has 9 heteroatoms. The molecule has 0 radical (unpaired) electrons. The standard InChI is InChI=1S/C15H12ClFN4O3/c1-8-13(15(22)23-7-12-19-18-9(2)24-12)14(16)21(20-8)11-5-3-10(17)4-6-11/h3-6H,7H2,1-2H3. The first-order valence-corrected chi connectivity index (χ1v) is 7.30. The van der Waals surface area contributed by atoms with E-state index in [0.29, 0.717) is 17.3 Å². The summed E-state index contributed by atoms with van der Waals surface area (Å²) in [5.74, 6) is -0.491. The SMILES string of the molecule is Cc1nnc(COC(=O)c2c(C)nn(-c3ccc(F)cc3)c2Cl)o1. The van der Waals surface area contributed by atoms with Crippen LogP contribution in [0.3, 0.4) is 0 Å². The van der Waals surface area contributed by atoms with Crippen LogP contribution < -0.4 is 0 Å². The smallest absolute Gasteiger partial charge is 0.343 e. The summed E-state index contributed by atoms with van der Waals surface area (Å²) in [7, 11) is 0. The van der Waals surface area contributed by atoms with Crippen LogP contribution in [0.5, 0.6) is 0 Å². The average molecular weight is 351 g/mol. The van der Waals surface area contributed by atoms with Crippen LogP contribution in [0.2, 0.25) is 5.15 Å². The van der Waals surface area contributed by atoms with Crippen LogP contribution >= 0.6 is 11.6 Å². The first-order valence-electron chi connectivity index (χ1n) is 6.93. The van der Waals surface area contributed by atoms with E-state index < -0.39 is 5.97 Å². The molecule has 2 aromatic heterocycles. The monoisotopic (exact) mass is 350 g/mol. The van der Waals surface area contributed by atoms with Gasteiger partial charge in [0.15, 0.2) is 6.61 Å². The van der Waals surface area contributed by atoms with Crippen molar-refractivity contribution in [1.29, 1.82) is 0 Å². The summed E-state index contributed by atoms with van der Waals surface area (Å²) in [5, 5.41) is 11.7. The van der Waals surface area contributed by atoms with E-state index >= 15 is 0 Å². The van der Waals surface area contributed by atoms with Crippen LogP contribution in [0.15, 0.2) is 28.7 Å². The summed E-state index contributed by atoms with van der Waals surface area (Å²) in [4.78, 5) is 12.3. The molecule has 0 saturated carbocycles. The van der Waals surface area contributed by atoms with E-state index in [1.165, 1.54) is 28.9 Å². The Morgan fingerprint density at radius 1 is 1.29 bits per heavy atom. The highest BCUT2D eigenvalue weighted by atomic mass is 35.5. The second-order valence-corrected chi connectivity index (χ2v) is 5.29. The second kappa shape index (κ2) is 6.40. The fourth-order valence-electron chi connectivity index (χ4n) is 2.08. The van der Waals surface area contributed by atoms with Gasteiger partial charge in [0.2, 0.25) is 5.89 Å². The molecule has 0 bridgehead atoms. The van der Waals surface area contributed by atoms with Crippen molar-refractivity contribution in [3.05, 3.63) is 58.3 Å². The van der Waals surface area contributed by atoms with Crippen LogP contribution in [0, 0.1) is 19.7 Å². The van der Waals surface area contributed by atoms with E-state index in [1.54, 1.807) is 13.8 Å². The molecule has 2 heterocycles. The maximum Gasteiger partial charge on any atom is 0.343 e. The summed E-state index contributed by atoms with van der Waals surface area (Å²) in [6.45, 7) is 3.09. The molecular weight excluding hydrogens is 339 g/mol. The summed E-state index contributed by atoms with van der Waals surface area (Å²) in [5.41, 5.74) is 1.03. The van der Waals surface area contributed by atoms with Gasteiger partial charge in [0.1, 0.15) is 16.5 Å². The Morgan fingerprint density at radius 2 is 2.00 bits per heavy atom. The minimum Gasteiger partial charge on any atom is -0.452 e. The lowest BCUT2D eigenvalue weighted by atomic mass is 10.2. The van der Waals surface area contributed by atoms with Gasteiger partial charge in [0, 0.05) is 6.92 Å². The predicted octanol–water partition coefficient (Wildman–Crippen LogP) is 3.02. The van der Waals surface area contributed by atoms with Crippen molar-refractivity contribution in [3.63, 3.8) is 0 Å². The summed E-state index contributed by atoms with van der Waals surface area (Å²) in [6.07, 6.45) is 0. The molecule has 24 heavy (non-hydrogen) atoms. The number of esters is 1. The molecule has 0 spiro atoms. The third-order valence-electron chi connectivity index (χ3n) is 3.17. The van der Waals surface area contributed by atoms with E-state index in [4.69, 9.17) is 20.8 Å². The Morgan fingerprint density at radius 3 is 2.62 bits per heavy atom. The number of aryl methyl sites for hydroxylation is 2. The second-order valence-electron chi connectivity index (χ2n) is 4.93. The molecule has 0 aliphatic heterocycles. The van der Waals surface area contributed by atoms with Crippen LogP contribution in [0.1, 0.15) is 27.8 Å². The molecule has 0 N–H and O–H groups in total. The molecule has 0 atom stereocenters. The number of carbonyl (C=O) groups excluding carboxylic acids is 1. The van der Waals surface area contributed by atoms with Crippen molar-refractivity contribution in [2.24, 2.45) is 0 Å². The molecule has 124 valence electrons. The number of halogens is 2. The first kappa shape index (κ1) is 16.1. The molecule has 7 nitrogen and oxygen atoms in total. The van der Waals surface area contributed by atoms with Gasteiger partial charge in [-0.15, -0.1) is 10.2 Å². The Labute approximate surface area is 141 Å². The van der Waals surface area contributed by atoms with Crippen molar-refractivity contribution < 1.29 is 18.3 Å². The number of ether oxygens (including phenoxy) is 1. The number of rotatable bonds is 4. The van der Waals surface area contributed by atoms with Crippen LogP contribution in [0.25, 0.3) is 5.69 Å². The highest BCUT2D eigenvalue weighted by Gasteiger charge is 2.23. The van der Waals surface area contributed by atoms with Gasteiger partial charge in [0.25, 0.3) is 5.89 Å². The zero-order chi connectivity index (χ0) is 17.3. The minimum atomic E-state index is -0.665. The topological polar surface area (TPSA) is 83.0 Å². The van der Waals surface area contributed by atoms with E-state index in [9.17, 15) is 9.18 Å². The fourth-order valence-corrected chi connectivity index (χ4v) is 2.43. The normalized spacial score (nSPS) is 10.8. The molecule has 0 aliphatic carbocycles. The van der Waals surface area contributed by atoms with Gasteiger partial charge < -0.3 is 9.15 Å². The zero-order valence-electron chi connectivity index (χ0n) is 12.8. The Hall–Kier alpha value is -2.74. The molecule has 0 aliphatic rings.